The molecule has 4 atom stereocenters. The van der Waals surface area contributed by atoms with Crippen molar-refractivity contribution in [3.63, 3.8) is 0 Å². The minimum absolute atomic E-state index is 0.0972. The van der Waals surface area contributed by atoms with E-state index in [1.165, 1.54) is 4.90 Å². The van der Waals surface area contributed by atoms with Gasteiger partial charge in [-0.1, -0.05) is 28.1 Å². The fourth-order valence-electron chi connectivity index (χ4n) is 4.64. The topological polar surface area (TPSA) is 66.5 Å². The summed E-state index contributed by atoms with van der Waals surface area (Å²) in [7, 11) is 0. The summed E-state index contributed by atoms with van der Waals surface area (Å²) in [5.41, 5.74) is 2.81. The summed E-state index contributed by atoms with van der Waals surface area (Å²) in [6.07, 6.45) is 5.19. The number of fused-ring (bicyclic) bond motifs is 5. The minimum Gasteiger partial charge on any atom is -0.326 e. The Morgan fingerprint density at radius 3 is 2.19 bits per heavy atom. The number of allylic oxidation sites excluding steroid dienone is 2. The van der Waals surface area contributed by atoms with Gasteiger partial charge in [-0.2, -0.15) is 0 Å². The Bertz CT molecular complexity index is 794. The molecule has 1 heterocycles. The normalized spacial score (nSPS) is 28.8. The molecule has 3 amide bonds. The molecular formula is C20H21BrN2O3. The van der Waals surface area contributed by atoms with Crippen molar-refractivity contribution in [1.82, 2.24) is 4.90 Å². The molecule has 136 valence electrons. The zero-order valence-corrected chi connectivity index (χ0v) is 16.4. The van der Waals surface area contributed by atoms with Crippen LogP contribution in [-0.2, 0) is 14.4 Å². The highest BCUT2D eigenvalue weighted by Crippen LogP contribution is 2.52. The lowest BCUT2D eigenvalue weighted by Crippen LogP contribution is -2.35. The smallest absolute Gasteiger partial charge is 0.233 e. The number of imide groups is 1. The number of carbonyl (C=O) groups is 3. The van der Waals surface area contributed by atoms with Gasteiger partial charge >= 0.3 is 0 Å². The number of anilines is 1. The van der Waals surface area contributed by atoms with E-state index in [-0.39, 0.29) is 54.4 Å². The van der Waals surface area contributed by atoms with Crippen LogP contribution in [0.3, 0.4) is 0 Å². The van der Waals surface area contributed by atoms with Gasteiger partial charge in [0.2, 0.25) is 17.7 Å². The third-order valence-electron chi connectivity index (χ3n) is 5.84. The summed E-state index contributed by atoms with van der Waals surface area (Å²) < 4.78 is 1.03. The van der Waals surface area contributed by atoms with Crippen LogP contribution in [-0.4, -0.2) is 29.2 Å². The van der Waals surface area contributed by atoms with Crippen LogP contribution in [0, 0.1) is 37.5 Å². The van der Waals surface area contributed by atoms with Crippen LogP contribution < -0.4 is 5.32 Å². The molecule has 0 radical (unpaired) electrons. The highest BCUT2D eigenvalue weighted by Gasteiger charge is 2.58. The van der Waals surface area contributed by atoms with Gasteiger partial charge in [-0.25, -0.2) is 0 Å². The van der Waals surface area contributed by atoms with E-state index in [2.05, 4.69) is 33.4 Å². The maximum Gasteiger partial charge on any atom is 0.233 e. The molecule has 26 heavy (non-hydrogen) atoms. The Morgan fingerprint density at radius 2 is 1.65 bits per heavy atom. The van der Waals surface area contributed by atoms with Gasteiger partial charge in [-0.15, -0.1) is 0 Å². The van der Waals surface area contributed by atoms with Crippen molar-refractivity contribution in [2.45, 2.75) is 26.7 Å². The Labute approximate surface area is 160 Å². The third kappa shape index (κ3) is 2.71. The number of nitrogens with one attached hydrogen (secondary N) is 1. The third-order valence-corrected chi connectivity index (χ3v) is 7.10. The first kappa shape index (κ1) is 17.5. The quantitative estimate of drug-likeness (QED) is 0.605. The molecule has 1 aromatic rings. The van der Waals surface area contributed by atoms with Crippen LogP contribution in [0.4, 0.5) is 5.69 Å². The largest absolute Gasteiger partial charge is 0.326 e. The Kier molecular flexibility index (Phi) is 4.26. The number of hydrogen-bond acceptors (Lipinski definition) is 3. The number of halogens is 1. The molecule has 0 unspecified atom stereocenters. The van der Waals surface area contributed by atoms with E-state index >= 15 is 0 Å². The second-order valence-corrected chi connectivity index (χ2v) is 8.34. The van der Waals surface area contributed by atoms with Gasteiger partial charge in [0.1, 0.15) is 0 Å². The van der Waals surface area contributed by atoms with Gasteiger partial charge in [0.25, 0.3) is 0 Å². The SMILES string of the molecule is Cc1cc(NC(=O)CCN2C(=O)[C@@H]3[C@H](C2=O)[C@@H]2C=C[C@@H]3C2)cc(C)c1Br. The van der Waals surface area contributed by atoms with Crippen LogP contribution in [0.1, 0.15) is 24.0 Å². The van der Waals surface area contributed by atoms with E-state index in [0.717, 1.165) is 27.7 Å². The van der Waals surface area contributed by atoms with Crippen molar-refractivity contribution < 1.29 is 14.4 Å². The van der Waals surface area contributed by atoms with Gasteiger partial charge in [-0.05, 0) is 55.4 Å². The summed E-state index contributed by atoms with van der Waals surface area (Å²) in [4.78, 5) is 38.8. The summed E-state index contributed by atoms with van der Waals surface area (Å²) in [5.74, 6) is -0.373. The molecule has 1 N–H and O–H groups in total. The highest BCUT2D eigenvalue weighted by molar-refractivity contribution is 9.10. The maximum absolute atomic E-state index is 12.6. The molecule has 6 heteroatoms. The molecule has 1 aliphatic heterocycles. The zero-order valence-electron chi connectivity index (χ0n) is 14.8. The first-order chi connectivity index (χ1) is 12.4. The summed E-state index contributed by atoms with van der Waals surface area (Å²) in [6, 6.07) is 3.80. The lowest BCUT2D eigenvalue weighted by Gasteiger charge is -2.17. The Morgan fingerprint density at radius 1 is 1.12 bits per heavy atom. The van der Waals surface area contributed by atoms with Crippen LogP contribution in [0.2, 0.25) is 0 Å². The predicted octanol–water partition coefficient (Wildman–Crippen LogP) is 3.20. The molecule has 1 aromatic carbocycles. The summed E-state index contributed by atoms with van der Waals surface area (Å²) in [6.45, 7) is 4.09. The number of aryl methyl sites for hydroxylation is 2. The Hall–Kier alpha value is -1.95. The van der Waals surface area contributed by atoms with E-state index in [9.17, 15) is 14.4 Å². The van der Waals surface area contributed by atoms with Crippen molar-refractivity contribution in [1.29, 1.82) is 0 Å². The number of amides is 3. The number of likely N-dealkylation sites (tertiary alicyclic amines) is 1. The number of hydrogen-bond donors (Lipinski definition) is 1. The average Bonchev–Trinajstić information content (AvgIpc) is 3.26. The highest BCUT2D eigenvalue weighted by atomic mass is 79.9. The van der Waals surface area contributed by atoms with E-state index in [1.807, 2.05) is 26.0 Å². The van der Waals surface area contributed by atoms with E-state index in [1.54, 1.807) is 0 Å². The van der Waals surface area contributed by atoms with E-state index in [0.29, 0.717) is 0 Å². The van der Waals surface area contributed by atoms with Gasteiger partial charge in [0, 0.05) is 23.1 Å². The maximum atomic E-state index is 12.6. The van der Waals surface area contributed by atoms with Gasteiger partial charge in [-0.3, -0.25) is 19.3 Å². The van der Waals surface area contributed by atoms with Crippen molar-refractivity contribution in [3.8, 4) is 0 Å². The Balaban J connectivity index is 1.38. The lowest BCUT2D eigenvalue weighted by atomic mass is 9.85. The molecular weight excluding hydrogens is 396 g/mol. The standard InChI is InChI=1S/C20H21BrN2O3/c1-10-7-14(8-11(2)18(10)21)22-15(24)5-6-23-19(25)16-12-3-4-13(9-12)17(16)20(23)26/h3-4,7-8,12-13,16-17H,5-6,9H2,1-2H3,(H,22,24)/t12-,13-,16-,17+/m1/s1. The molecule has 3 aliphatic rings. The summed E-state index contributed by atoms with van der Waals surface area (Å²) in [5, 5.41) is 2.86. The zero-order chi connectivity index (χ0) is 18.6. The lowest BCUT2D eigenvalue weighted by molar-refractivity contribution is -0.140. The molecule has 0 aromatic heterocycles. The monoisotopic (exact) mass is 416 g/mol. The molecule has 5 nitrogen and oxygen atoms in total. The summed E-state index contributed by atoms with van der Waals surface area (Å²) >= 11 is 3.51. The van der Waals surface area contributed by atoms with Crippen LogP contribution >= 0.6 is 15.9 Å². The van der Waals surface area contributed by atoms with Crippen LogP contribution in [0.5, 0.6) is 0 Å². The number of benzene rings is 1. The second kappa shape index (κ2) is 6.34. The van der Waals surface area contributed by atoms with Crippen LogP contribution in [0.25, 0.3) is 0 Å². The first-order valence-corrected chi connectivity index (χ1v) is 9.76. The predicted molar refractivity (Wildman–Crippen MR) is 101 cm³/mol. The van der Waals surface area contributed by atoms with Crippen molar-refractivity contribution in [2.75, 3.05) is 11.9 Å². The molecule has 1 saturated carbocycles. The van der Waals surface area contributed by atoms with Gasteiger partial charge < -0.3 is 5.32 Å². The van der Waals surface area contributed by atoms with Gasteiger partial charge in [0.15, 0.2) is 0 Å². The molecule has 4 rings (SSSR count). The van der Waals surface area contributed by atoms with Gasteiger partial charge in [0.05, 0.1) is 11.8 Å². The van der Waals surface area contributed by atoms with E-state index < -0.39 is 0 Å². The number of rotatable bonds is 4. The molecule has 0 spiro atoms. The second-order valence-electron chi connectivity index (χ2n) is 7.55. The first-order valence-electron chi connectivity index (χ1n) is 8.97. The van der Waals surface area contributed by atoms with Crippen LogP contribution in [0.15, 0.2) is 28.8 Å². The van der Waals surface area contributed by atoms with Crippen molar-refractivity contribution >= 4 is 39.3 Å². The minimum atomic E-state index is -0.197. The van der Waals surface area contributed by atoms with Crippen molar-refractivity contribution in [3.05, 3.63) is 39.9 Å². The molecule has 2 aliphatic carbocycles. The molecule has 2 fully saturated rings. The molecule has 1 saturated heterocycles. The average molecular weight is 417 g/mol. The number of carbonyl (C=O) groups excluding carboxylic acids is 3. The number of nitrogens with zero attached hydrogens (tertiary/aromatic N) is 1. The van der Waals surface area contributed by atoms with Crippen molar-refractivity contribution in [2.24, 2.45) is 23.7 Å². The van der Waals surface area contributed by atoms with E-state index in [4.69, 9.17) is 0 Å². The fraction of sp³-hybridized carbons (Fsp3) is 0.450. The fourth-order valence-corrected chi connectivity index (χ4v) is 4.87. The molecule has 2 bridgehead atoms.